The Morgan fingerprint density at radius 2 is 2.15 bits per heavy atom. The average molecular weight is 228 g/mol. The highest BCUT2D eigenvalue weighted by molar-refractivity contribution is 7.89. The molecule has 9 heteroatoms. The van der Waals surface area contributed by atoms with Gasteiger partial charge in [0, 0.05) is 0 Å². The van der Waals surface area contributed by atoms with Gasteiger partial charge in [-0.3, -0.25) is 5.10 Å². The molecule has 0 unspecified atom stereocenters. The predicted octanol–water partition coefficient (Wildman–Crippen LogP) is -0.823. The summed E-state index contributed by atoms with van der Waals surface area (Å²) in [5, 5.41) is 18.4. The Morgan fingerprint density at radius 3 is 2.46 bits per heavy atom. The highest BCUT2D eigenvalue weighted by atomic mass is 35.5. The molecular formula is C4H6ClN3O4S. The van der Waals surface area contributed by atoms with E-state index in [-0.39, 0.29) is 12.4 Å². The number of carboxylic acid groups (broad SMARTS) is 1. The van der Waals surface area contributed by atoms with Crippen LogP contribution in [0.3, 0.4) is 0 Å². The summed E-state index contributed by atoms with van der Waals surface area (Å²) in [6.07, 6.45) is 0.846. The maximum Gasteiger partial charge on any atom is 0.355 e. The minimum Gasteiger partial charge on any atom is -0.476 e. The summed E-state index contributed by atoms with van der Waals surface area (Å²) in [5.41, 5.74) is -0.530. The molecule has 0 aliphatic heterocycles. The third kappa shape index (κ3) is 2.41. The Kier molecular flexibility index (Phi) is 3.41. The molecule has 0 amide bonds. The number of nitrogens with one attached hydrogen (secondary N) is 1. The molecule has 0 saturated carbocycles. The first-order chi connectivity index (χ1) is 5.43. The molecule has 0 aliphatic rings. The Balaban J connectivity index is 0.00000144. The van der Waals surface area contributed by atoms with Crippen molar-refractivity contribution in [2.24, 2.45) is 5.14 Å². The Bertz CT molecular complexity index is 411. The minimum atomic E-state index is -4.01. The van der Waals surface area contributed by atoms with Crippen molar-refractivity contribution in [2.75, 3.05) is 0 Å². The van der Waals surface area contributed by atoms with Crippen LogP contribution in [-0.2, 0) is 10.0 Å². The molecule has 1 rings (SSSR count). The number of carboxylic acids is 1. The van der Waals surface area contributed by atoms with E-state index in [0.717, 1.165) is 6.20 Å². The zero-order valence-electron chi connectivity index (χ0n) is 6.09. The van der Waals surface area contributed by atoms with Crippen LogP contribution < -0.4 is 5.14 Å². The molecule has 0 aliphatic carbocycles. The lowest BCUT2D eigenvalue weighted by Crippen LogP contribution is -2.15. The number of hydrogen-bond donors (Lipinski definition) is 3. The molecule has 0 aromatic carbocycles. The molecule has 13 heavy (non-hydrogen) atoms. The number of rotatable bonds is 2. The van der Waals surface area contributed by atoms with Gasteiger partial charge in [-0.25, -0.2) is 18.4 Å². The smallest absolute Gasteiger partial charge is 0.355 e. The largest absolute Gasteiger partial charge is 0.476 e. The van der Waals surface area contributed by atoms with E-state index in [1.165, 1.54) is 0 Å². The molecule has 0 atom stereocenters. The van der Waals surface area contributed by atoms with Crippen LogP contribution in [0.15, 0.2) is 11.1 Å². The second-order valence-corrected chi connectivity index (χ2v) is 3.49. The highest BCUT2D eigenvalue weighted by Gasteiger charge is 2.20. The van der Waals surface area contributed by atoms with Gasteiger partial charge in [-0.05, 0) is 0 Å². The van der Waals surface area contributed by atoms with E-state index in [0.29, 0.717) is 0 Å². The zero-order chi connectivity index (χ0) is 9.35. The number of H-pyrrole nitrogens is 1. The van der Waals surface area contributed by atoms with E-state index in [9.17, 15) is 13.2 Å². The predicted molar refractivity (Wildman–Crippen MR) is 44.2 cm³/mol. The lowest BCUT2D eigenvalue weighted by Gasteiger charge is -1.93. The highest BCUT2D eigenvalue weighted by Crippen LogP contribution is 2.09. The molecule has 0 bridgehead atoms. The third-order valence-electron chi connectivity index (χ3n) is 1.12. The Labute approximate surface area is 79.4 Å². The fourth-order valence-corrected chi connectivity index (χ4v) is 1.26. The van der Waals surface area contributed by atoms with Crippen LogP contribution >= 0.6 is 12.4 Å². The van der Waals surface area contributed by atoms with Crippen molar-refractivity contribution >= 4 is 28.4 Å². The molecule has 0 saturated heterocycles. The summed E-state index contributed by atoms with van der Waals surface area (Å²) in [4.78, 5) is 9.82. The summed E-state index contributed by atoms with van der Waals surface area (Å²) in [7, 11) is -4.01. The summed E-state index contributed by atoms with van der Waals surface area (Å²) in [6, 6.07) is 0. The van der Waals surface area contributed by atoms with Crippen molar-refractivity contribution in [2.45, 2.75) is 4.90 Å². The molecule has 4 N–H and O–H groups in total. The number of nitrogens with two attached hydrogens (primary N) is 1. The van der Waals surface area contributed by atoms with E-state index in [1.807, 2.05) is 5.10 Å². The second kappa shape index (κ2) is 3.73. The van der Waals surface area contributed by atoms with Crippen LogP contribution in [0, 0.1) is 0 Å². The van der Waals surface area contributed by atoms with E-state index >= 15 is 0 Å². The standard InChI is InChI=1S/C4H5N3O4S.ClH/c5-12(10,11)2-1-6-7-3(2)4(8)9;/h1H,(H,6,7)(H,8,9)(H2,5,10,11);1H. The monoisotopic (exact) mass is 227 g/mol. The fraction of sp³-hybridized carbons (Fsp3) is 0. The molecule has 1 aromatic rings. The van der Waals surface area contributed by atoms with Gasteiger partial charge in [0.05, 0.1) is 6.20 Å². The fourth-order valence-electron chi connectivity index (χ4n) is 0.644. The number of hydrogen-bond acceptors (Lipinski definition) is 4. The first kappa shape index (κ1) is 11.9. The maximum absolute atomic E-state index is 10.7. The summed E-state index contributed by atoms with van der Waals surface area (Å²) < 4.78 is 21.3. The quantitative estimate of drug-likeness (QED) is 0.608. The van der Waals surface area contributed by atoms with Crippen molar-refractivity contribution in [3.05, 3.63) is 11.9 Å². The van der Waals surface area contributed by atoms with Gasteiger partial charge >= 0.3 is 5.97 Å². The number of aromatic carboxylic acids is 1. The number of nitrogens with zero attached hydrogens (tertiary/aromatic N) is 1. The van der Waals surface area contributed by atoms with Gasteiger partial charge in [-0.1, -0.05) is 0 Å². The van der Waals surface area contributed by atoms with Gasteiger partial charge < -0.3 is 5.11 Å². The van der Waals surface area contributed by atoms with Gasteiger partial charge in [0.1, 0.15) is 4.90 Å². The van der Waals surface area contributed by atoms with Crippen LogP contribution in [-0.4, -0.2) is 29.7 Å². The lowest BCUT2D eigenvalue weighted by molar-refractivity contribution is 0.0686. The van der Waals surface area contributed by atoms with Crippen LogP contribution in [0.5, 0.6) is 0 Å². The van der Waals surface area contributed by atoms with Crippen molar-refractivity contribution in [3.8, 4) is 0 Å². The molecule has 1 heterocycles. The van der Waals surface area contributed by atoms with Gasteiger partial charge in [0.15, 0.2) is 5.69 Å². The minimum absolute atomic E-state index is 0. The number of sulfonamides is 1. The second-order valence-electron chi connectivity index (χ2n) is 1.96. The van der Waals surface area contributed by atoms with Gasteiger partial charge in [0.2, 0.25) is 10.0 Å². The van der Waals surface area contributed by atoms with Crippen molar-refractivity contribution in [3.63, 3.8) is 0 Å². The van der Waals surface area contributed by atoms with E-state index in [1.54, 1.807) is 0 Å². The first-order valence-corrected chi connectivity index (χ1v) is 4.27. The topological polar surface area (TPSA) is 126 Å². The van der Waals surface area contributed by atoms with Crippen molar-refractivity contribution in [1.29, 1.82) is 0 Å². The van der Waals surface area contributed by atoms with Gasteiger partial charge in [-0.15, -0.1) is 12.4 Å². The van der Waals surface area contributed by atoms with E-state index in [4.69, 9.17) is 5.11 Å². The van der Waals surface area contributed by atoms with Gasteiger partial charge in [0.25, 0.3) is 0 Å². The van der Waals surface area contributed by atoms with Crippen LogP contribution in [0.25, 0.3) is 0 Å². The maximum atomic E-state index is 10.7. The molecule has 0 radical (unpaired) electrons. The number of carbonyl (C=O) groups is 1. The molecule has 0 spiro atoms. The van der Waals surface area contributed by atoms with E-state index in [2.05, 4.69) is 10.2 Å². The molecule has 0 fully saturated rings. The molecular weight excluding hydrogens is 222 g/mol. The molecule has 74 valence electrons. The Morgan fingerprint density at radius 1 is 1.62 bits per heavy atom. The third-order valence-corrected chi connectivity index (χ3v) is 2.05. The van der Waals surface area contributed by atoms with Crippen LogP contribution in [0.2, 0.25) is 0 Å². The number of aromatic nitrogens is 2. The van der Waals surface area contributed by atoms with Crippen LogP contribution in [0.1, 0.15) is 10.5 Å². The molecule has 7 nitrogen and oxygen atoms in total. The van der Waals surface area contributed by atoms with Crippen molar-refractivity contribution < 1.29 is 18.3 Å². The Hall–Kier alpha value is -1.12. The SMILES string of the molecule is Cl.NS(=O)(=O)c1cn[nH]c1C(=O)O. The summed E-state index contributed by atoms with van der Waals surface area (Å²) in [5.74, 6) is -1.42. The van der Waals surface area contributed by atoms with Crippen molar-refractivity contribution in [1.82, 2.24) is 10.2 Å². The number of aromatic amines is 1. The van der Waals surface area contributed by atoms with Crippen LogP contribution in [0.4, 0.5) is 0 Å². The number of primary sulfonamides is 1. The van der Waals surface area contributed by atoms with Gasteiger partial charge in [-0.2, -0.15) is 5.10 Å². The molecule has 1 aromatic heterocycles. The average Bonchev–Trinajstić information content (AvgIpc) is 2.30. The summed E-state index contributed by atoms with van der Waals surface area (Å²) in [6.45, 7) is 0. The zero-order valence-corrected chi connectivity index (χ0v) is 7.72. The normalized spacial score (nSPS) is 10.5. The number of halogens is 1. The lowest BCUT2D eigenvalue weighted by atomic mass is 10.4. The van der Waals surface area contributed by atoms with E-state index < -0.39 is 26.6 Å². The summed E-state index contributed by atoms with van der Waals surface area (Å²) >= 11 is 0. The first-order valence-electron chi connectivity index (χ1n) is 2.72.